The quantitative estimate of drug-likeness (QED) is 0.489. The maximum absolute atomic E-state index is 11.0. The Morgan fingerprint density at radius 3 is 2.67 bits per heavy atom. The summed E-state index contributed by atoms with van der Waals surface area (Å²) in [5, 5.41) is 8.32. The maximum atomic E-state index is 11.0. The van der Waals surface area contributed by atoms with Crippen LogP contribution >= 0.6 is 0 Å². The number of hydrogen-bond acceptors (Lipinski definition) is 4. The van der Waals surface area contributed by atoms with E-state index in [2.05, 4.69) is 0 Å². The molecule has 15 heavy (non-hydrogen) atoms. The number of ether oxygens (including phenoxy) is 2. The smallest absolute Gasteiger partial charge is 0.306 e. The summed E-state index contributed by atoms with van der Waals surface area (Å²) in [6, 6.07) is 0. The van der Waals surface area contributed by atoms with E-state index in [0.717, 1.165) is 0 Å². The molecule has 0 radical (unpaired) electrons. The van der Waals surface area contributed by atoms with Crippen molar-refractivity contribution in [3.63, 3.8) is 0 Å². The molecule has 0 bridgehead atoms. The minimum absolute atomic E-state index is 0.0100. The van der Waals surface area contributed by atoms with Gasteiger partial charge in [0.25, 0.3) is 0 Å². The Hall–Kier alpha value is -1.52. The van der Waals surface area contributed by atoms with Crippen molar-refractivity contribution in [3.8, 4) is 0 Å². The molecule has 0 saturated heterocycles. The summed E-state index contributed by atoms with van der Waals surface area (Å²) in [5.74, 6) is -1.29. The van der Waals surface area contributed by atoms with Crippen LogP contribution in [-0.2, 0) is 19.1 Å². The number of rotatable bonds is 8. The first kappa shape index (κ1) is 13.5. The van der Waals surface area contributed by atoms with Crippen LogP contribution in [0, 0.1) is 0 Å². The molecule has 0 aliphatic rings. The van der Waals surface area contributed by atoms with Crippen LogP contribution in [0.2, 0.25) is 0 Å². The largest absolute Gasteiger partial charge is 0.502 e. The van der Waals surface area contributed by atoms with Gasteiger partial charge in [0.2, 0.25) is 0 Å². The van der Waals surface area contributed by atoms with E-state index in [-0.39, 0.29) is 19.4 Å². The lowest BCUT2D eigenvalue weighted by Crippen LogP contribution is -2.05. The van der Waals surface area contributed by atoms with Crippen molar-refractivity contribution in [1.82, 2.24) is 0 Å². The van der Waals surface area contributed by atoms with Gasteiger partial charge in [-0.3, -0.25) is 9.59 Å². The fourth-order valence-corrected chi connectivity index (χ4v) is 0.801. The molecular weight excluding hydrogens is 200 g/mol. The lowest BCUT2D eigenvalue weighted by atomic mass is 10.2. The van der Waals surface area contributed by atoms with Crippen molar-refractivity contribution in [2.75, 3.05) is 13.2 Å². The average Bonchev–Trinajstić information content (AvgIpc) is 2.17. The maximum Gasteiger partial charge on any atom is 0.306 e. The molecule has 0 rings (SSSR count). The van der Waals surface area contributed by atoms with Gasteiger partial charge in [-0.25, -0.2) is 0 Å². The Labute approximate surface area is 88.7 Å². The second-order valence-corrected chi connectivity index (χ2v) is 2.76. The predicted octanol–water partition coefficient (Wildman–Crippen LogP) is 1.33. The number of hydrogen-bond donors (Lipinski definition) is 1. The van der Waals surface area contributed by atoms with E-state index in [4.69, 9.17) is 14.6 Å². The van der Waals surface area contributed by atoms with Crippen molar-refractivity contribution in [1.29, 1.82) is 0 Å². The Bertz CT molecular complexity index is 222. The second-order valence-electron chi connectivity index (χ2n) is 2.76. The SMILES string of the molecule is CCOC=CCOC(=O)CCCC(=O)O. The number of esters is 1. The highest BCUT2D eigenvalue weighted by atomic mass is 16.5. The van der Waals surface area contributed by atoms with Gasteiger partial charge in [0.15, 0.2) is 0 Å². The average molecular weight is 216 g/mol. The summed E-state index contributed by atoms with van der Waals surface area (Å²) in [6.07, 6.45) is 3.48. The number of aliphatic carboxylic acids is 1. The minimum Gasteiger partial charge on any atom is -0.502 e. The molecule has 5 nitrogen and oxygen atoms in total. The van der Waals surface area contributed by atoms with E-state index >= 15 is 0 Å². The molecule has 86 valence electrons. The van der Waals surface area contributed by atoms with Crippen molar-refractivity contribution < 1.29 is 24.2 Å². The predicted molar refractivity (Wildman–Crippen MR) is 53.2 cm³/mol. The van der Waals surface area contributed by atoms with Gasteiger partial charge in [0.05, 0.1) is 12.9 Å². The van der Waals surface area contributed by atoms with Crippen LogP contribution in [-0.4, -0.2) is 30.3 Å². The number of carbonyl (C=O) groups is 2. The van der Waals surface area contributed by atoms with Crippen molar-refractivity contribution in [3.05, 3.63) is 12.3 Å². The van der Waals surface area contributed by atoms with Gasteiger partial charge < -0.3 is 14.6 Å². The van der Waals surface area contributed by atoms with Crippen molar-refractivity contribution in [2.45, 2.75) is 26.2 Å². The van der Waals surface area contributed by atoms with Crippen molar-refractivity contribution in [2.24, 2.45) is 0 Å². The van der Waals surface area contributed by atoms with Crippen LogP contribution in [0.4, 0.5) is 0 Å². The van der Waals surface area contributed by atoms with Gasteiger partial charge in [-0.2, -0.15) is 0 Å². The highest BCUT2D eigenvalue weighted by Crippen LogP contribution is 1.97. The molecule has 0 heterocycles. The Balaban J connectivity index is 3.37. The monoisotopic (exact) mass is 216 g/mol. The van der Waals surface area contributed by atoms with Crippen LogP contribution in [0.5, 0.6) is 0 Å². The number of carbonyl (C=O) groups excluding carboxylic acids is 1. The zero-order valence-electron chi connectivity index (χ0n) is 8.77. The molecule has 0 atom stereocenters. The van der Waals surface area contributed by atoms with Gasteiger partial charge in [0.1, 0.15) is 6.61 Å². The molecule has 0 aromatic heterocycles. The third kappa shape index (κ3) is 10.4. The molecule has 0 amide bonds. The molecule has 0 saturated carbocycles. The fraction of sp³-hybridized carbons (Fsp3) is 0.600. The van der Waals surface area contributed by atoms with Gasteiger partial charge in [-0.15, -0.1) is 0 Å². The Kier molecular flexibility index (Phi) is 8.13. The summed E-state index contributed by atoms with van der Waals surface area (Å²) in [6.45, 7) is 2.58. The molecule has 0 aliphatic carbocycles. The van der Waals surface area contributed by atoms with E-state index in [9.17, 15) is 9.59 Å². The molecule has 0 fully saturated rings. The summed E-state index contributed by atoms with van der Waals surface area (Å²) < 4.78 is 9.65. The van der Waals surface area contributed by atoms with E-state index < -0.39 is 11.9 Å². The third-order valence-electron chi connectivity index (χ3n) is 1.47. The summed E-state index contributed by atoms with van der Waals surface area (Å²) in [4.78, 5) is 21.1. The first-order chi connectivity index (χ1) is 7.16. The molecule has 5 heteroatoms. The number of carboxylic acids is 1. The zero-order chi connectivity index (χ0) is 11.5. The third-order valence-corrected chi connectivity index (χ3v) is 1.47. The topological polar surface area (TPSA) is 72.8 Å². The summed E-state index contributed by atoms with van der Waals surface area (Å²) >= 11 is 0. The van der Waals surface area contributed by atoms with Crippen LogP contribution < -0.4 is 0 Å². The molecule has 0 spiro atoms. The van der Waals surface area contributed by atoms with Gasteiger partial charge in [0, 0.05) is 12.8 Å². The minimum atomic E-state index is -0.904. The lowest BCUT2D eigenvalue weighted by Gasteiger charge is -2.00. The van der Waals surface area contributed by atoms with Crippen LogP contribution in [0.1, 0.15) is 26.2 Å². The summed E-state index contributed by atoms with van der Waals surface area (Å²) in [7, 11) is 0. The van der Waals surface area contributed by atoms with Crippen LogP contribution in [0.15, 0.2) is 12.3 Å². The molecular formula is C10H16O5. The van der Waals surface area contributed by atoms with E-state index in [1.807, 2.05) is 6.92 Å². The van der Waals surface area contributed by atoms with Crippen molar-refractivity contribution >= 4 is 11.9 Å². The molecule has 0 aromatic rings. The number of carboxylic acid groups (broad SMARTS) is 1. The van der Waals surface area contributed by atoms with E-state index in [1.54, 1.807) is 6.08 Å². The molecule has 1 N–H and O–H groups in total. The molecule has 0 aliphatic heterocycles. The first-order valence-electron chi connectivity index (χ1n) is 4.80. The van der Waals surface area contributed by atoms with E-state index in [0.29, 0.717) is 13.0 Å². The molecule has 0 aromatic carbocycles. The Morgan fingerprint density at radius 2 is 2.07 bits per heavy atom. The van der Waals surface area contributed by atoms with Gasteiger partial charge in [-0.05, 0) is 19.4 Å². The zero-order valence-corrected chi connectivity index (χ0v) is 8.77. The Morgan fingerprint density at radius 1 is 1.33 bits per heavy atom. The standard InChI is InChI=1S/C10H16O5/c1-2-14-7-4-8-15-10(13)6-3-5-9(11)12/h4,7H,2-3,5-6,8H2,1H3,(H,11,12). The molecule has 0 unspecified atom stereocenters. The highest BCUT2D eigenvalue weighted by Gasteiger charge is 2.03. The normalized spacial score (nSPS) is 10.2. The highest BCUT2D eigenvalue weighted by molar-refractivity contribution is 5.71. The fourth-order valence-electron chi connectivity index (χ4n) is 0.801. The van der Waals surface area contributed by atoms with E-state index in [1.165, 1.54) is 6.26 Å². The first-order valence-corrected chi connectivity index (χ1v) is 4.80. The van der Waals surface area contributed by atoms with Crippen LogP contribution in [0.3, 0.4) is 0 Å². The lowest BCUT2D eigenvalue weighted by molar-refractivity contribution is -0.142. The summed E-state index contributed by atoms with van der Waals surface area (Å²) in [5.41, 5.74) is 0. The second kappa shape index (κ2) is 9.05. The van der Waals surface area contributed by atoms with Gasteiger partial charge >= 0.3 is 11.9 Å². The van der Waals surface area contributed by atoms with Crippen LogP contribution in [0.25, 0.3) is 0 Å². The van der Waals surface area contributed by atoms with Gasteiger partial charge in [-0.1, -0.05) is 0 Å².